The number of ketones is 2. The SMILES string of the molecule is CC(=O)C(=O)Cc1cccc(-c2c[nH]c3ncc(CC(=O)OCc4cccc(F)c4)cc23)c1. The highest BCUT2D eigenvalue weighted by Gasteiger charge is 2.13. The number of benzene rings is 2. The average Bonchev–Trinajstić information content (AvgIpc) is 3.21. The maximum absolute atomic E-state index is 13.3. The van der Waals surface area contributed by atoms with E-state index in [0.29, 0.717) is 16.8 Å². The first-order chi connectivity index (χ1) is 15.9. The predicted molar refractivity (Wildman–Crippen MR) is 121 cm³/mol. The number of nitrogens with zero attached hydrogens (tertiary/aromatic N) is 1. The number of hydrogen-bond acceptors (Lipinski definition) is 5. The lowest BCUT2D eigenvalue weighted by Gasteiger charge is -2.06. The van der Waals surface area contributed by atoms with E-state index in [9.17, 15) is 18.8 Å². The van der Waals surface area contributed by atoms with Crippen molar-refractivity contribution in [3.8, 4) is 11.1 Å². The summed E-state index contributed by atoms with van der Waals surface area (Å²) in [7, 11) is 0. The van der Waals surface area contributed by atoms with E-state index in [0.717, 1.165) is 22.1 Å². The lowest BCUT2D eigenvalue weighted by Crippen LogP contribution is -2.12. The van der Waals surface area contributed by atoms with Gasteiger partial charge in [0.15, 0.2) is 5.78 Å². The van der Waals surface area contributed by atoms with Crippen LogP contribution in [-0.2, 0) is 38.6 Å². The summed E-state index contributed by atoms with van der Waals surface area (Å²) in [5.41, 5.74) is 4.38. The number of esters is 1. The van der Waals surface area contributed by atoms with E-state index in [2.05, 4.69) is 9.97 Å². The van der Waals surface area contributed by atoms with Gasteiger partial charge in [-0.05, 0) is 40.5 Å². The van der Waals surface area contributed by atoms with E-state index >= 15 is 0 Å². The van der Waals surface area contributed by atoms with E-state index in [4.69, 9.17) is 4.74 Å². The van der Waals surface area contributed by atoms with Crippen LogP contribution in [0.5, 0.6) is 0 Å². The summed E-state index contributed by atoms with van der Waals surface area (Å²) in [6.45, 7) is 1.26. The Kier molecular flexibility index (Phi) is 6.40. The number of carbonyl (C=O) groups excluding carboxylic acids is 3. The van der Waals surface area contributed by atoms with Crippen molar-refractivity contribution in [2.75, 3.05) is 0 Å². The molecule has 2 heterocycles. The summed E-state index contributed by atoms with van der Waals surface area (Å²) >= 11 is 0. The van der Waals surface area contributed by atoms with Gasteiger partial charge in [-0.25, -0.2) is 9.37 Å². The molecule has 2 aromatic carbocycles. The fourth-order valence-electron chi connectivity index (χ4n) is 3.55. The Morgan fingerprint density at radius 1 is 0.970 bits per heavy atom. The number of fused-ring (bicyclic) bond motifs is 1. The number of aromatic nitrogens is 2. The molecule has 7 heteroatoms. The molecule has 166 valence electrons. The highest BCUT2D eigenvalue weighted by molar-refractivity contribution is 6.36. The van der Waals surface area contributed by atoms with Crippen LogP contribution >= 0.6 is 0 Å². The van der Waals surface area contributed by atoms with E-state index in [1.54, 1.807) is 24.4 Å². The largest absolute Gasteiger partial charge is 0.461 e. The van der Waals surface area contributed by atoms with Gasteiger partial charge in [0, 0.05) is 36.7 Å². The van der Waals surface area contributed by atoms with Crippen LogP contribution in [0, 0.1) is 5.82 Å². The third-order valence-corrected chi connectivity index (χ3v) is 5.22. The van der Waals surface area contributed by atoms with Gasteiger partial charge in [0.05, 0.1) is 6.42 Å². The molecule has 1 N–H and O–H groups in total. The third-order valence-electron chi connectivity index (χ3n) is 5.22. The number of Topliss-reactive ketones (excluding diaryl/α,β-unsaturated/α-hetero) is 2. The van der Waals surface area contributed by atoms with E-state index in [1.165, 1.54) is 19.1 Å². The van der Waals surface area contributed by atoms with Gasteiger partial charge < -0.3 is 9.72 Å². The molecule has 4 rings (SSSR count). The van der Waals surface area contributed by atoms with Crippen molar-refractivity contribution in [2.45, 2.75) is 26.4 Å². The molecule has 0 bridgehead atoms. The Bertz CT molecular complexity index is 1360. The normalized spacial score (nSPS) is 10.8. The van der Waals surface area contributed by atoms with Gasteiger partial charge >= 0.3 is 5.97 Å². The van der Waals surface area contributed by atoms with Crippen LogP contribution in [0.4, 0.5) is 4.39 Å². The monoisotopic (exact) mass is 444 g/mol. The number of nitrogens with one attached hydrogen (secondary N) is 1. The third kappa shape index (κ3) is 5.38. The Labute approximate surface area is 189 Å². The minimum atomic E-state index is -0.467. The highest BCUT2D eigenvalue weighted by Crippen LogP contribution is 2.29. The first-order valence-electron chi connectivity index (χ1n) is 10.4. The molecule has 0 saturated carbocycles. The zero-order valence-electron chi connectivity index (χ0n) is 17.9. The van der Waals surface area contributed by atoms with Crippen LogP contribution in [0.3, 0.4) is 0 Å². The van der Waals surface area contributed by atoms with Crippen molar-refractivity contribution in [3.63, 3.8) is 0 Å². The minimum absolute atomic E-state index is 0.00650. The summed E-state index contributed by atoms with van der Waals surface area (Å²) in [5, 5.41) is 0.820. The van der Waals surface area contributed by atoms with Gasteiger partial charge in [-0.3, -0.25) is 14.4 Å². The molecule has 33 heavy (non-hydrogen) atoms. The van der Waals surface area contributed by atoms with Crippen molar-refractivity contribution in [3.05, 3.63) is 89.5 Å². The second-order valence-corrected chi connectivity index (χ2v) is 7.77. The molecule has 0 saturated heterocycles. The molecule has 0 aliphatic rings. The first-order valence-corrected chi connectivity index (χ1v) is 10.4. The van der Waals surface area contributed by atoms with Crippen LogP contribution in [0.2, 0.25) is 0 Å². The number of halogens is 1. The number of aromatic amines is 1. The molecule has 0 unspecified atom stereocenters. The lowest BCUT2D eigenvalue weighted by molar-refractivity contribution is -0.144. The van der Waals surface area contributed by atoms with Crippen molar-refractivity contribution >= 4 is 28.6 Å². The van der Waals surface area contributed by atoms with Gasteiger partial charge in [-0.2, -0.15) is 0 Å². The molecule has 0 fully saturated rings. The second-order valence-electron chi connectivity index (χ2n) is 7.77. The average molecular weight is 444 g/mol. The smallest absolute Gasteiger partial charge is 0.310 e. The van der Waals surface area contributed by atoms with Gasteiger partial charge in [-0.15, -0.1) is 0 Å². The number of ether oxygens (including phenoxy) is 1. The van der Waals surface area contributed by atoms with Crippen LogP contribution in [0.15, 0.2) is 67.0 Å². The summed E-state index contributed by atoms with van der Waals surface area (Å²) in [5.74, 6) is -1.73. The number of hydrogen-bond donors (Lipinski definition) is 1. The lowest BCUT2D eigenvalue weighted by atomic mass is 9.99. The van der Waals surface area contributed by atoms with Crippen LogP contribution in [-0.4, -0.2) is 27.5 Å². The molecular weight excluding hydrogens is 423 g/mol. The van der Waals surface area contributed by atoms with Crippen molar-refractivity contribution < 1.29 is 23.5 Å². The minimum Gasteiger partial charge on any atom is -0.461 e. The van der Waals surface area contributed by atoms with Crippen molar-refractivity contribution in [1.29, 1.82) is 0 Å². The fourth-order valence-corrected chi connectivity index (χ4v) is 3.55. The Morgan fingerprint density at radius 2 is 1.76 bits per heavy atom. The fraction of sp³-hybridized carbons (Fsp3) is 0.154. The van der Waals surface area contributed by atoms with Gasteiger partial charge in [0.1, 0.15) is 18.1 Å². The van der Waals surface area contributed by atoms with Crippen LogP contribution < -0.4 is 0 Å². The van der Waals surface area contributed by atoms with Crippen LogP contribution in [0.25, 0.3) is 22.2 Å². The number of rotatable bonds is 8. The predicted octanol–water partition coefficient (Wildman–Crippen LogP) is 4.36. The van der Waals surface area contributed by atoms with E-state index < -0.39 is 17.5 Å². The van der Waals surface area contributed by atoms with Gasteiger partial charge in [0.25, 0.3) is 0 Å². The quantitative estimate of drug-likeness (QED) is 0.322. The number of H-pyrrole nitrogens is 1. The van der Waals surface area contributed by atoms with Crippen molar-refractivity contribution in [2.24, 2.45) is 0 Å². The number of pyridine rings is 1. The van der Waals surface area contributed by atoms with E-state index in [-0.39, 0.29) is 25.3 Å². The van der Waals surface area contributed by atoms with Gasteiger partial charge in [0.2, 0.25) is 5.78 Å². The molecule has 0 aliphatic carbocycles. The summed E-state index contributed by atoms with van der Waals surface area (Å²) < 4.78 is 18.5. The molecule has 6 nitrogen and oxygen atoms in total. The molecule has 0 atom stereocenters. The zero-order chi connectivity index (χ0) is 23.4. The van der Waals surface area contributed by atoms with Crippen molar-refractivity contribution in [1.82, 2.24) is 9.97 Å². The molecule has 0 aliphatic heterocycles. The summed E-state index contributed by atoms with van der Waals surface area (Å²) in [6, 6.07) is 15.2. The zero-order valence-corrected chi connectivity index (χ0v) is 17.9. The Hall–Kier alpha value is -4.13. The standard InChI is InChI=1S/C26H21FN2O4/c1-16(30)24(31)11-17-4-2-6-20(8-17)23-14-29-26-22(23)10-19(13-28-26)12-25(32)33-15-18-5-3-7-21(27)9-18/h2-10,13-14H,11-12,15H2,1H3,(H,28,29). The maximum Gasteiger partial charge on any atom is 0.310 e. The van der Waals surface area contributed by atoms with Gasteiger partial charge in [-0.1, -0.05) is 36.4 Å². The maximum atomic E-state index is 13.3. The molecule has 2 aromatic heterocycles. The highest BCUT2D eigenvalue weighted by atomic mass is 19.1. The molecule has 0 spiro atoms. The molecular formula is C26H21FN2O4. The Balaban J connectivity index is 1.51. The van der Waals surface area contributed by atoms with Crippen LogP contribution in [0.1, 0.15) is 23.6 Å². The molecule has 4 aromatic rings. The van der Waals surface area contributed by atoms with E-state index in [1.807, 2.05) is 30.5 Å². The topological polar surface area (TPSA) is 89.1 Å². The number of carbonyl (C=O) groups is 3. The molecule has 0 amide bonds. The first kappa shape index (κ1) is 22.1. The molecule has 0 radical (unpaired) electrons. The summed E-state index contributed by atoms with van der Waals surface area (Å²) in [6.07, 6.45) is 3.49. The Morgan fingerprint density at radius 3 is 2.55 bits per heavy atom. The second kappa shape index (κ2) is 9.56. The summed E-state index contributed by atoms with van der Waals surface area (Å²) in [4.78, 5) is 42.9.